The molecule has 0 saturated carbocycles. The summed E-state index contributed by atoms with van der Waals surface area (Å²) in [6.07, 6.45) is 5.77. The van der Waals surface area contributed by atoms with Gasteiger partial charge in [0.2, 0.25) is 0 Å². The molecule has 0 fully saturated rings. The standard InChI is InChI=1S/C29H45N3O6.2Rb/c1-4-9-25(27(35)5-2)10-6-7-15-30-29(37)31-16-8-17-38-21-28(36)32-20-24-13-11-23(12-14-24)19-26(34)18-22(3)33;;/h11-14,25H,4-10,15-21H2,1-3H3,(H3,30,31,32,36,37);;/q;2*+1/p-2. The SMILES string of the molecule is CCCC(CCCCNC(=O)[N-]CCCOCC(=O)[N-]Cc1ccc(CC(=O)CC(C)=O)cc1)C(=O)CC.[Rb+].[Rb+]. The van der Waals surface area contributed by atoms with E-state index in [9.17, 15) is 24.0 Å². The predicted molar refractivity (Wildman–Crippen MR) is 147 cm³/mol. The number of hydrogen-bond donors (Lipinski definition) is 1. The van der Waals surface area contributed by atoms with Gasteiger partial charge in [-0.25, -0.2) is 0 Å². The van der Waals surface area contributed by atoms with Gasteiger partial charge in [-0.15, -0.1) is 6.54 Å². The number of amides is 3. The summed E-state index contributed by atoms with van der Waals surface area (Å²) in [5, 5.41) is 10.7. The minimum absolute atomic E-state index is 0. The first-order valence-corrected chi connectivity index (χ1v) is 13.6. The maximum atomic E-state index is 11.9. The van der Waals surface area contributed by atoms with Crippen LogP contribution in [-0.4, -0.2) is 55.6 Å². The van der Waals surface area contributed by atoms with E-state index in [1.165, 1.54) is 6.92 Å². The number of carbonyl (C=O) groups excluding carboxylic acids is 5. The average Bonchev–Trinajstić information content (AvgIpc) is 2.88. The molecule has 212 valence electrons. The summed E-state index contributed by atoms with van der Waals surface area (Å²) in [5.41, 5.74) is 1.65. The smallest absolute Gasteiger partial charge is 0.648 e. The topological polar surface area (TPSA) is 135 Å². The Morgan fingerprint density at radius 1 is 0.900 bits per heavy atom. The zero-order valence-corrected chi connectivity index (χ0v) is 35.0. The van der Waals surface area contributed by atoms with E-state index in [0.29, 0.717) is 38.3 Å². The van der Waals surface area contributed by atoms with E-state index in [-0.39, 0.29) is 172 Å². The normalized spacial score (nSPS) is 10.9. The molecule has 1 atom stereocenters. The number of hydrogen-bond acceptors (Lipinski definition) is 6. The maximum Gasteiger partial charge on any atom is 1.00 e. The molecule has 1 N–H and O–H groups in total. The van der Waals surface area contributed by atoms with Crippen LogP contribution < -0.4 is 122 Å². The number of carbonyl (C=O) groups is 5. The first-order valence-electron chi connectivity index (χ1n) is 13.6. The van der Waals surface area contributed by atoms with Gasteiger partial charge in [0.25, 0.3) is 0 Å². The van der Waals surface area contributed by atoms with Crippen LogP contribution in [0, 0.1) is 5.92 Å². The van der Waals surface area contributed by atoms with Gasteiger partial charge >= 0.3 is 116 Å². The molecular formula is C29H43N3O6Rb2. The minimum Gasteiger partial charge on any atom is -0.648 e. The molecule has 0 heterocycles. The van der Waals surface area contributed by atoms with Crippen LogP contribution in [-0.2, 0) is 36.9 Å². The van der Waals surface area contributed by atoms with Gasteiger partial charge in [0.1, 0.15) is 17.3 Å². The molecule has 0 radical (unpaired) electrons. The molecule has 0 aromatic heterocycles. The molecule has 0 aliphatic carbocycles. The molecule has 9 nitrogen and oxygen atoms in total. The second kappa shape index (κ2) is 27.1. The number of benzene rings is 1. The largest absolute Gasteiger partial charge is 1.00 e. The Morgan fingerprint density at radius 2 is 1.57 bits per heavy atom. The van der Waals surface area contributed by atoms with Crippen LogP contribution in [0.4, 0.5) is 4.79 Å². The number of nitrogens with zero attached hydrogens (tertiary/aromatic N) is 2. The Hall–Kier alpha value is 0.540. The third-order valence-corrected chi connectivity index (χ3v) is 5.93. The number of rotatable bonds is 21. The van der Waals surface area contributed by atoms with Gasteiger partial charge in [-0.1, -0.05) is 69.5 Å². The van der Waals surface area contributed by atoms with Crippen LogP contribution in [0.25, 0.3) is 10.6 Å². The quantitative estimate of drug-likeness (QED) is 0.133. The number of ketones is 3. The Bertz CT molecular complexity index is 896. The fraction of sp³-hybridized carbons (Fsp3) is 0.621. The fourth-order valence-electron chi connectivity index (χ4n) is 3.93. The van der Waals surface area contributed by atoms with E-state index >= 15 is 0 Å². The summed E-state index contributed by atoms with van der Waals surface area (Å²) in [7, 11) is 0. The molecule has 0 aliphatic rings. The number of unbranched alkanes of at least 4 members (excludes halogenated alkanes) is 1. The van der Waals surface area contributed by atoms with Crippen LogP contribution in [0.5, 0.6) is 0 Å². The Labute approximate surface area is 337 Å². The van der Waals surface area contributed by atoms with Crippen LogP contribution in [0.15, 0.2) is 24.3 Å². The van der Waals surface area contributed by atoms with Gasteiger partial charge in [-0.3, -0.25) is 19.2 Å². The van der Waals surface area contributed by atoms with Crippen LogP contribution in [0.1, 0.15) is 83.3 Å². The van der Waals surface area contributed by atoms with Crippen molar-refractivity contribution in [2.24, 2.45) is 5.92 Å². The van der Waals surface area contributed by atoms with Crippen LogP contribution in [0.2, 0.25) is 0 Å². The molecule has 0 spiro atoms. The second-order valence-corrected chi connectivity index (χ2v) is 9.44. The van der Waals surface area contributed by atoms with Crippen molar-refractivity contribution >= 4 is 29.3 Å². The van der Waals surface area contributed by atoms with E-state index in [4.69, 9.17) is 4.74 Å². The van der Waals surface area contributed by atoms with Crippen molar-refractivity contribution in [2.75, 3.05) is 26.3 Å². The summed E-state index contributed by atoms with van der Waals surface area (Å²) in [6.45, 7) is 6.61. The van der Waals surface area contributed by atoms with Gasteiger partial charge < -0.3 is 25.5 Å². The minimum atomic E-state index is -0.373. The average molecular weight is 701 g/mol. The summed E-state index contributed by atoms with van der Waals surface area (Å²) >= 11 is 0. The van der Waals surface area contributed by atoms with E-state index in [0.717, 1.165) is 43.2 Å². The zero-order chi connectivity index (χ0) is 28.2. The number of ether oxygens (including phenoxy) is 1. The van der Waals surface area contributed by atoms with Gasteiger partial charge in [0, 0.05) is 25.4 Å². The van der Waals surface area contributed by atoms with Gasteiger partial charge in [0.05, 0.1) is 18.9 Å². The Morgan fingerprint density at radius 3 is 2.20 bits per heavy atom. The van der Waals surface area contributed by atoms with Gasteiger partial charge in [0.15, 0.2) is 6.03 Å². The summed E-state index contributed by atoms with van der Waals surface area (Å²) in [5.74, 6) is -0.176. The third-order valence-electron chi connectivity index (χ3n) is 5.93. The first-order chi connectivity index (χ1) is 18.2. The molecule has 0 bridgehead atoms. The molecule has 0 saturated heterocycles. The van der Waals surface area contributed by atoms with Crippen molar-refractivity contribution < 1.29 is 145 Å². The number of Topliss-reactive ketones (excluding diaryl/α,β-unsaturated/α-hetero) is 3. The maximum absolute atomic E-state index is 11.9. The Kier molecular flexibility index (Phi) is 28.9. The second-order valence-electron chi connectivity index (χ2n) is 9.44. The first kappa shape index (κ1) is 42.7. The zero-order valence-electron chi connectivity index (χ0n) is 25.1. The Balaban J connectivity index is 0. The van der Waals surface area contributed by atoms with Crippen molar-refractivity contribution in [1.82, 2.24) is 5.32 Å². The number of urea groups is 1. The van der Waals surface area contributed by atoms with Gasteiger partial charge in [-0.05, 0) is 38.3 Å². The fourth-order valence-corrected chi connectivity index (χ4v) is 3.93. The molecule has 1 aromatic rings. The van der Waals surface area contributed by atoms with Crippen LogP contribution in [0.3, 0.4) is 0 Å². The molecule has 3 amide bonds. The summed E-state index contributed by atoms with van der Waals surface area (Å²) in [6, 6.07) is 6.83. The van der Waals surface area contributed by atoms with Crippen molar-refractivity contribution in [1.29, 1.82) is 0 Å². The molecular weight excluding hydrogens is 657 g/mol. The predicted octanol–water partition coefficient (Wildman–Crippen LogP) is -0.759. The van der Waals surface area contributed by atoms with Gasteiger partial charge in [-0.2, -0.15) is 0 Å². The van der Waals surface area contributed by atoms with Crippen LogP contribution >= 0.6 is 0 Å². The van der Waals surface area contributed by atoms with Crippen molar-refractivity contribution in [3.63, 3.8) is 0 Å². The monoisotopic (exact) mass is 699 g/mol. The summed E-state index contributed by atoms with van der Waals surface area (Å²) in [4.78, 5) is 58.3. The third kappa shape index (κ3) is 22.1. The van der Waals surface area contributed by atoms with Crippen molar-refractivity contribution in [3.05, 3.63) is 46.0 Å². The molecule has 11 heteroatoms. The molecule has 1 aromatic carbocycles. The molecule has 0 aliphatic heterocycles. The summed E-state index contributed by atoms with van der Waals surface area (Å²) < 4.78 is 5.32. The van der Waals surface area contributed by atoms with Crippen molar-refractivity contribution in [2.45, 2.75) is 85.1 Å². The molecule has 40 heavy (non-hydrogen) atoms. The molecule has 1 unspecified atom stereocenters. The van der Waals surface area contributed by atoms with E-state index in [1.54, 1.807) is 24.3 Å². The van der Waals surface area contributed by atoms with Crippen molar-refractivity contribution in [3.8, 4) is 0 Å². The van der Waals surface area contributed by atoms with E-state index in [1.807, 2.05) is 6.92 Å². The van der Waals surface area contributed by atoms with E-state index < -0.39 is 0 Å². The number of nitrogens with one attached hydrogen (secondary N) is 1. The van der Waals surface area contributed by atoms with E-state index in [2.05, 4.69) is 22.9 Å². The molecule has 1 rings (SSSR count).